The van der Waals surface area contributed by atoms with Gasteiger partial charge in [0.05, 0.1) is 0 Å². The summed E-state index contributed by atoms with van der Waals surface area (Å²) in [5.74, 6) is 0. The first kappa shape index (κ1) is 16.1. The summed E-state index contributed by atoms with van der Waals surface area (Å²) in [6.45, 7) is 0. The van der Waals surface area contributed by atoms with Gasteiger partial charge in [-0.25, -0.2) is 0 Å². The molecular formula is CdHgOTe. The maximum atomic E-state index is 8.44. The molecule has 0 aromatic rings. The van der Waals surface area contributed by atoms with Crippen LogP contribution in [0.5, 0.6) is 0 Å². The van der Waals surface area contributed by atoms with Gasteiger partial charge in [-0.3, -0.25) is 0 Å². The summed E-state index contributed by atoms with van der Waals surface area (Å²) in [6.07, 6.45) is 0. The third-order valence-corrected chi connectivity index (χ3v) is 0. The molecule has 0 aliphatic rings. The van der Waals surface area contributed by atoms with Crippen molar-refractivity contribution in [1.29, 1.82) is 0 Å². The summed E-state index contributed by atoms with van der Waals surface area (Å²) in [5.41, 5.74) is 0. The molecule has 0 amide bonds. The maximum Gasteiger partial charge on any atom is 0 e. The standard InChI is InChI=1S/Cd.Hg.O.Te. The minimum Gasteiger partial charge on any atom is 0 e. The van der Waals surface area contributed by atoms with Crippen molar-refractivity contribution in [3.63, 3.8) is 0 Å². The van der Waals surface area contributed by atoms with E-state index in [0.717, 1.165) is 0 Å². The number of hydrogen-bond acceptors (Lipinski definition) is 1. The van der Waals surface area contributed by atoms with E-state index in [2.05, 4.69) is 0 Å². The Morgan fingerprint density at radius 1 is 1.25 bits per heavy atom. The molecule has 0 rings (SSSR count). The Balaban J connectivity index is -0.00000000500. The topological polar surface area (TPSA) is 17.1 Å². The Labute approximate surface area is 78.2 Å². The van der Waals surface area contributed by atoms with E-state index in [9.17, 15) is 0 Å². The molecule has 0 saturated carbocycles. The molecule has 0 N–H and O–H groups in total. The van der Waals surface area contributed by atoms with Crippen LogP contribution in [0, 0.1) is 0 Å². The Bertz CT molecular complexity index is 8.00. The fourth-order valence-corrected chi connectivity index (χ4v) is 0. The van der Waals surface area contributed by atoms with Gasteiger partial charge in [-0.15, -0.1) is 0 Å². The summed E-state index contributed by atoms with van der Waals surface area (Å²) in [6, 6.07) is 0. The summed E-state index contributed by atoms with van der Waals surface area (Å²) in [5, 5.41) is 0. The van der Waals surface area contributed by atoms with Crippen LogP contribution in [0.4, 0.5) is 0 Å². The molecule has 1 nitrogen and oxygen atoms in total. The van der Waals surface area contributed by atoms with Crippen LogP contribution in [-0.4, -0.2) is 23.7 Å². The summed E-state index contributed by atoms with van der Waals surface area (Å²) in [7, 11) is 0. The van der Waals surface area contributed by atoms with Gasteiger partial charge in [-0.1, -0.05) is 0 Å². The Morgan fingerprint density at radius 2 is 1.25 bits per heavy atom. The molecule has 0 saturated heterocycles. The predicted molar refractivity (Wildman–Crippen MR) is 6.44 cm³/mol. The molecule has 0 spiro atoms. The second kappa shape index (κ2) is 18.0. The zero-order valence-electron chi connectivity index (χ0n) is 2.23. The molecule has 4 heteroatoms. The zero-order chi connectivity index (χ0) is 2.00. The second-order valence-corrected chi connectivity index (χ2v) is 0. The quantitative estimate of drug-likeness (QED) is 0.449. The van der Waals surface area contributed by atoms with E-state index in [1.54, 1.807) is 0 Å². The van der Waals surface area contributed by atoms with Gasteiger partial charge >= 0.3 is 28.8 Å². The first-order valence-corrected chi connectivity index (χ1v) is 2.53. The van der Waals surface area contributed by atoms with Crippen LogP contribution in [0.3, 0.4) is 0 Å². The minimum atomic E-state index is -0.222. The van der Waals surface area contributed by atoms with Gasteiger partial charge in [-0.05, 0) is 0 Å². The Hall–Kier alpha value is 2.45. The van der Waals surface area contributed by atoms with Gasteiger partial charge in [-0.2, -0.15) is 0 Å². The van der Waals surface area contributed by atoms with E-state index in [4.69, 9.17) is 2.64 Å². The van der Waals surface area contributed by atoms with Crippen molar-refractivity contribution in [3.05, 3.63) is 0 Å². The SMILES string of the molecule is [Cd].[O]=[Hg].[Te]. The normalized spacial score (nSPS) is 1.50. The molecule has 0 aromatic heterocycles. The van der Waals surface area contributed by atoms with E-state index in [1.165, 1.54) is 0 Å². The van der Waals surface area contributed by atoms with E-state index in [0.29, 0.717) is 0 Å². The Morgan fingerprint density at radius 3 is 1.25 bits per heavy atom. The van der Waals surface area contributed by atoms with Crippen molar-refractivity contribution in [3.8, 4) is 0 Å². The molecule has 0 aliphatic heterocycles. The third kappa shape index (κ3) is 8.82. The van der Waals surface area contributed by atoms with Crippen molar-refractivity contribution in [2.45, 2.75) is 0 Å². The molecule has 2 radical (unpaired) electrons. The van der Waals surface area contributed by atoms with Crippen LogP contribution < -0.4 is 0 Å². The van der Waals surface area contributed by atoms with Crippen molar-refractivity contribution < 1.29 is 56.1 Å². The van der Waals surface area contributed by atoms with Crippen molar-refractivity contribution in [2.24, 2.45) is 0 Å². The molecule has 0 aliphatic carbocycles. The molecule has 0 heterocycles. The van der Waals surface area contributed by atoms with Gasteiger partial charge < -0.3 is 0 Å². The van der Waals surface area contributed by atoms with E-state index in [-0.39, 0.29) is 77.1 Å². The molecule has 4 heavy (non-hydrogen) atoms. The molecule has 0 atom stereocenters. The first-order valence-electron chi connectivity index (χ1n) is 0.289. The molecule has 0 bridgehead atoms. The molecular weight excluding hydrogens is 457 g/mol. The monoisotopic (exact) mass is 462 g/mol. The largest absolute Gasteiger partial charge is 0 e. The van der Waals surface area contributed by atoms with Gasteiger partial charge in [0.15, 0.2) is 0 Å². The zero-order valence-corrected chi connectivity index (χ0v) is 14.1. The van der Waals surface area contributed by atoms with E-state index < -0.39 is 0 Å². The molecule has 0 aromatic carbocycles. The number of rotatable bonds is 0. The minimum absolute atomic E-state index is 0. The van der Waals surface area contributed by atoms with Gasteiger partial charge in [0, 0.05) is 51.0 Å². The fraction of sp³-hybridized carbons (Fsp3) is 0. The van der Waals surface area contributed by atoms with Crippen molar-refractivity contribution in [2.75, 3.05) is 0 Å². The van der Waals surface area contributed by atoms with Crippen molar-refractivity contribution in [1.82, 2.24) is 0 Å². The second-order valence-electron chi connectivity index (χ2n) is 0. The summed E-state index contributed by atoms with van der Waals surface area (Å²) < 4.78 is 8.44. The molecule has 0 fully saturated rings. The summed E-state index contributed by atoms with van der Waals surface area (Å²) >= 11 is -0.222. The Kier molecular flexibility index (Phi) is 72.4. The van der Waals surface area contributed by atoms with Crippen LogP contribution in [0.25, 0.3) is 0 Å². The molecule has 16 valence electrons. The third-order valence-electron chi connectivity index (χ3n) is 0. The number of hydrogen-bond donors (Lipinski definition) is 0. The fourth-order valence-electron chi connectivity index (χ4n) is 0. The molecule has 0 unspecified atom stereocenters. The van der Waals surface area contributed by atoms with Gasteiger partial charge in [0.2, 0.25) is 0 Å². The summed E-state index contributed by atoms with van der Waals surface area (Å²) in [4.78, 5) is 0. The maximum absolute atomic E-state index is 8.44. The van der Waals surface area contributed by atoms with Gasteiger partial charge in [0.25, 0.3) is 0 Å². The average Bonchev–Trinajstić information content (AvgIpc) is 1.00. The first-order chi connectivity index (χ1) is 1.00. The smallest absolute Gasteiger partial charge is 0 e. The van der Waals surface area contributed by atoms with E-state index in [1.807, 2.05) is 0 Å². The van der Waals surface area contributed by atoms with Crippen LogP contribution >= 0.6 is 0 Å². The average molecular weight is 457 g/mol. The van der Waals surface area contributed by atoms with Crippen LogP contribution in [0.1, 0.15) is 0 Å². The van der Waals surface area contributed by atoms with E-state index >= 15 is 0 Å². The van der Waals surface area contributed by atoms with Crippen LogP contribution in [0.15, 0.2) is 0 Å². The van der Waals surface area contributed by atoms with Crippen molar-refractivity contribution >= 4 is 23.7 Å². The van der Waals surface area contributed by atoms with Gasteiger partial charge in [0.1, 0.15) is 0 Å². The van der Waals surface area contributed by atoms with Crippen LogP contribution in [-0.2, 0) is 56.1 Å². The predicted octanol–water partition coefficient (Wildman–Crippen LogP) is -0.505. The van der Waals surface area contributed by atoms with Crippen LogP contribution in [0.2, 0.25) is 0 Å².